The number of carboxylic acid groups (broad SMARTS) is 1. The van der Waals surface area contributed by atoms with Crippen molar-refractivity contribution in [2.45, 2.75) is 19.9 Å². The van der Waals surface area contributed by atoms with Gasteiger partial charge in [-0.05, 0) is 6.92 Å². The van der Waals surface area contributed by atoms with Crippen LogP contribution in [-0.4, -0.2) is 44.3 Å². The summed E-state index contributed by atoms with van der Waals surface area (Å²) in [6.45, 7) is 3.56. The maximum absolute atomic E-state index is 10.6. The zero-order valence-electron chi connectivity index (χ0n) is 10.4. The highest BCUT2D eigenvalue weighted by atomic mass is 32.1. The highest BCUT2D eigenvalue weighted by Crippen LogP contribution is 2.12. The third-order valence-corrected chi connectivity index (χ3v) is 3.54. The first kappa shape index (κ1) is 13.6. The van der Waals surface area contributed by atoms with E-state index in [2.05, 4.69) is 15.3 Å². The van der Waals surface area contributed by atoms with Crippen molar-refractivity contribution in [2.24, 2.45) is 0 Å². The van der Waals surface area contributed by atoms with Crippen LogP contribution in [0.1, 0.15) is 21.1 Å². The molecule has 0 unspecified atom stereocenters. The van der Waals surface area contributed by atoms with Crippen molar-refractivity contribution in [2.75, 3.05) is 13.2 Å². The Bertz CT molecular complexity index is 552. The number of nitrogens with zero attached hydrogens (tertiary/aromatic N) is 4. The molecule has 2 aromatic rings. The van der Waals surface area contributed by atoms with Crippen molar-refractivity contribution in [1.82, 2.24) is 20.0 Å². The van der Waals surface area contributed by atoms with Crippen molar-refractivity contribution in [3.63, 3.8) is 0 Å². The van der Waals surface area contributed by atoms with Crippen molar-refractivity contribution < 1.29 is 14.6 Å². The van der Waals surface area contributed by atoms with Gasteiger partial charge >= 0.3 is 5.97 Å². The second-order valence-corrected chi connectivity index (χ2v) is 4.83. The molecule has 0 spiro atoms. The minimum Gasteiger partial charge on any atom is -0.476 e. The van der Waals surface area contributed by atoms with Crippen LogP contribution in [-0.2, 0) is 17.7 Å². The summed E-state index contributed by atoms with van der Waals surface area (Å²) >= 11 is 1.63. The molecule has 0 amide bonds. The number of aromatic nitrogens is 4. The number of carbonyl (C=O) groups is 1. The molecule has 0 fully saturated rings. The van der Waals surface area contributed by atoms with Gasteiger partial charge in [0.05, 0.1) is 37.2 Å². The van der Waals surface area contributed by atoms with E-state index < -0.39 is 5.97 Å². The Morgan fingerprint density at radius 1 is 1.53 bits per heavy atom. The summed E-state index contributed by atoms with van der Waals surface area (Å²) < 4.78 is 6.94. The summed E-state index contributed by atoms with van der Waals surface area (Å²) in [6.07, 6.45) is 2.23. The van der Waals surface area contributed by atoms with Crippen LogP contribution >= 0.6 is 11.3 Å². The molecule has 19 heavy (non-hydrogen) atoms. The molecular weight excluding hydrogens is 268 g/mol. The van der Waals surface area contributed by atoms with Crippen LogP contribution in [0, 0.1) is 6.92 Å². The Kier molecular flexibility index (Phi) is 4.58. The molecule has 0 aromatic carbocycles. The third-order valence-electron chi connectivity index (χ3n) is 2.54. The molecule has 2 rings (SSSR count). The van der Waals surface area contributed by atoms with Crippen LogP contribution in [0.15, 0.2) is 11.7 Å². The molecular formula is C11H14N4O3S. The van der Waals surface area contributed by atoms with Crippen LogP contribution in [0.25, 0.3) is 0 Å². The van der Waals surface area contributed by atoms with Gasteiger partial charge in [0, 0.05) is 11.3 Å². The number of aryl methyl sites for hydroxylation is 1. The fourth-order valence-electron chi connectivity index (χ4n) is 1.50. The topological polar surface area (TPSA) is 90.1 Å². The first-order valence-corrected chi connectivity index (χ1v) is 6.65. The summed E-state index contributed by atoms with van der Waals surface area (Å²) in [5.74, 6) is -1.08. The zero-order valence-corrected chi connectivity index (χ0v) is 11.3. The van der Waals surface area contributed by atoms with Crippen LogP contribution in [0.3, 0.4) is 0 Å². The molecule has 102 valence electrons. The Balaban J connectivity index is 1.66. The van der Waals surface area contributed by atoms with Crippen molar-refractivity contribution in [1.29, 1.82) is 0 Å². The normalized spacial score (nSPS) is 10.8. The molecule has 0 atom stereocenters. The monoisotopic (exact) mass is 282 g/mol. The van der Waals surface area contributed by atoms with Crippen molar-refractivity contribution in [3.8, 4) is 0 Å². The summed E-state index contributed by atoms with van der Waals surface area (Å²) in [5.41, 5.74) is 2.82. The molecule has 0 aliphatic carbocycles. The molecule has 0 aliphatic rings. The first-order valence-electron chi connectivity index (χ1n) is 5.77. The van der Waals surface area contributed by atoms with E-state index in [1.54, 1.807) is 11.3 Å². The van der Waals surface area contributed by atoms with Gasteiger partial charge in [-0.1, -0.05) is 5.21 Å². The highest BCUT2D eigenvalue weighted by Gasteiger charge is 2.07. The predicted octanol–water partition coefficient (Wildman–Crippen LogP) is 1.00. The zero-order chi connectivity index (χ0) is 13.7. The van der Waals surface area contributed by atoms with E-state index in [0.29, 0.717) is 19.8 Å². The van der Waals surface area contributed by atoms with E-state index >= 15 is 0 Å². The molecule has 1 N–H and O–H groups in total. The van der Waals surface area contributed by atoms with E-state index in [0.717, 1.165) is 12.1 Å². The Hall–Kier alpha value is -1.80. The summed E-state index contributed by atoms with van der Waals surface area (Å²) in [7, 11) is 0. The molecule has 0 radical (unpaired) electrons. The van der Waals surface area contributed by atoms with Crippen molar-refractivity contribution >= 4 is 17.3 Å². The van der Waals surface area contributed by atoms with E-state index in [-0.39, 0.29) is 5.69 Å². The van der Waals surface area contributed by atoms with E-state index in [4.69, 9.17) is 9.84 Å². The summed E-state index contributed by atoms with van der Waals surface area (Å²) in [6, 6.07) is 0. The van der Waals surface area contributed by atoms with Crippen molar-refractivity contribution in [3.05, 3.63) is 28.0 Å². The maximum atomic E-state index is 10.6. The number of thiazole rings is 1. The average Bonchev–Trinajstić information content (AvgIpc) is 2.99. The lowest BCUT2D eigenvalue weighted by Crippen LogP contribution is -2.08. The second kappa shape index (κ2) is 6.39. The van der Waals surface area contributed by atoms with Crippen LogP contribution < -0.4 is 0 Å². The van der Waals surface area contributed by atoms with Crippen LogP contribution in [0.5, 0.6) is 0 Å². The number of hydrogen-bond acceptors (Lipinski definition) is 6. The molecule has 0 saturated heterocycles. The quantitative estimate of drug-likeness (QED) is 0.762. The van der Waals surface area contributed by atoms with Crippen LogP contribution in [0.4, 0.5) is 0 Å². The van der Waals surface area contributed by atoms with Gasteiger partial charge in [0.15, 0.2) is 5.69 Å². The highest BCUT2D eigenvalue weighted by molar-refractivity contribution is 7.09. The summed E-state index contributed by atoms with van der Waals surface area (Å²) in [4.78, 5) is 16.0. The van der Waals surface area contributed by atoms with E-state index in [9.17, 15) is 4.79 Å². The minimum atomic E-state index is -1.08. The lowest BCUT2D eigenvalue weighted by atomic mass is 10.3. The standard InChI is InChI=1S/C11H14N4O3S/c1-8-10(19-7-12-8)2-4-18-5-3-15-6-9(11(16)17)13-14-15/h6-7H,2-5H2,1H3,(H,16,17). The first-order chi connectivity index (χ1) is 9.16. The van der Waals surface area contributed by atoms with E-state index in [1.807, 2.05) is 12.4 Å². The fourth-order valence-corrected chi connectivity index (χ4v) is 2.26. The molecule has 0 aliphatic heterocycles. The average molecular weight is 282 g/mol. The minimum absolute atomic E-state index is 0.0553. The lowest BCUT2D eigenvalue weighted by Gasteiger charge is -2.03. The van der Waals surface area contributed by atoms with Gasteiger partial charge in [-0.2, -0.15) is 0 Å². The summed E-state index contributed by atoms with van der Waals surface area (Å²) in [5, 5.41) is 15.9. The number of ether oxygens (including phenoxy) is 1. The maximum Gasteiger partial charge on any atom is 0.358 e. The van der Waals surface area contributed by atoms with Gasteiger partial charge in [-0.3, -0.25) is 0 Å². The number of hydrogen-bond donors (Lipinski definition) is 1. The number of aromatic carboxylic acids is 1. The molecule has 7 nitrogen and oxygen atoms in total. The van der Waals surface area contributed by atoms with Crippen LogP contribution in [0.2, 0.25) is 0 Å². The fraction of sp³-hybridized carbons (Fsp3) is 0.455. The Labute approximate surface area is 113 Å². The second-order valence-electron chi connectivity index (χ2n) is 3.90. The van der Waals surface area contributed by atoms with Gasteiger partial charge in [-0.15, -0.1) is 16.4 Å². The molecule has 2 heterocycles. The van der Waals surface area contributed by atoms with Gasteiger partial charge < -0.3 is 9.84 Å². The largest absolute Gasteiger partial charge is 0.476 e. The smallest absolute Gasteiger partial charge is 0.358 e. The van der Waals surface area contributed by atoms with Gasteiger partial charge in [0.25, 0.3) is 0 Å². The third kappa shape index (κ3) is 3.83. The van der Waals surface area contributed by atoms with E-state index in [1.165, 1.54) is 15.8 Å². The lowest BCUT2D eigenvalue weighted by molar-refractivity contribution is 0.0690. The molecule has 0 saturated carbocycles. The molecule has 0 bridgehead atoms. The number of carboxylic acids is 1. The van der Waals surface area contributed by atoms with Gasteiger partial charge in [0.1, 0.15) is 0 Å². The SMILES string of the molecule is Cc1ncsc1CCOCCn1cc(C(=O)O)nn1. The molecule has 8 heteroatoms. The Morgan fingerprint density at radius 3 is 3.00 bits per heavy atom. The van der Waals surface area contributed by atoms with Gasteiger partial charge in [0.2, 0.25) is 0 Å². The number of rotatable bonds is 7. The predicted molar refractivity (Wildman–Crippen MR) is 68.4 cm³/mol. The Morgan fingerprint density at radius 2 is 2.37 bits per heavy atom. The van der Waals surface area contributed by atoms with Gasteiger partial charge in [-0.25, -0.2) is 14.5 Å². The molecule has 2 aromatic heterocycles.